The third-order valence-electron chi connectivity index (χ3n) is 3.53. The van der Waals surface area contributed by atoms with E-state index in [9.17, 15) is 4.79 Å². The third-order valence-corrected chi connectivity index (χ3v) is 3.96. The summed E-state index contributed by atoms with van der Waals surface area (Å²) in [6.07, 6.45) is 2.59. The molecule has 0 saturated carbocycles. The van der Waals surface area contributed by atoms with Crippen molar-refractivity contribution < 1.29 is 4.79 Å². The van der Waals surface area contributed by atoms with Crippen molar-refractivity contribution in [2.45, 2.75) is 19.4 Å². The number of nitrogens with one attached hydrogen (secondary N) is 1. The highest BCUT2D eigenvalue weighted by Crippen LogP contribution is 2.21. The maximum absolute atomic E-state index is 12.8. The largest absolute Gasteiger partial charge is 0.334 e. The normalized spacial score (nSPS) is 20.6. The molecule has 0 aliphatic carbocycles. The monoisotopic (exact) mass is 341 g/mol. The molecule has 1 aliphatic rings. The Balaban J connectivity index is 2.28. The summed E-state index contributed by atoms with van der Waals surface area (Å²) in [6, 6.07) is 1.92. The minimum absolute atomic E-state index is 0.0328. The smallest absolute Gasteiger partial charge is 0.257 e. The van der Waals surface area contributed by atoms with Crippen LogP contribution in [0.3, 0.4) is 0 Å². The number of likely N-dealkylation sites (N-methyl/N-ethyl adjacent to an activating group) is 1. The summed E-state index contributed by atoms with van der Waals surface area (Å²) < 4.78 is 0.763. The van der Waals surface area contributed by atoms with Gasteiger partial charge in [0.2, 0.25) is 0 Å². The van der Waals surface area contributed by atoms with Crippen LogP contribution in [0.15, 0.2) is 16.7 Å². The van der Waals surface area contributed by atoms with Gasteiger partial charge in [0, 0.05) is 29.8 Å². The van der Waals surface area contributed by atoms with Gasteiger partial charge in [-0.1, -0.05) is 0 Å². The van der Waals surface area contributed by atoms with Crippen LogP contribution in [-0.2, 0) is 0 Å². The molecule has 0 bridgehead atoms. The van der Waals surface area contributed by atoms with Crippen LogP contribution in [0.1, 0.15) is 23.7 Å². The molecule has 1 saturated heterocycles. The van der Waals surface area contributed by atoms with E-state index in [0.29, 0.717) is 11.4 Å². The highest BCUT2D eigenvalue weighted by Gasteiger charge is 2.26. The molecule has 1 aromatic rings. The van der Waals surface area contributed by atoms with Crippen LogP contribution in [0, 0.1) is 0 Å². The van der Waals surface area contributed by atoms with Gasteiger partial charge in [-0.3, -0.25) is 4.79 Å². The standard InChI is InChI=1S/C13H20BrN5O/c1-9-8-18(2)4-3-5-19(9)13(20)11-6-10(14)7-16-12(11)17-15/h6-7,9H,3-5,8,15H2,1-2H3,(H,16,17). The predicted octanol–water partition coefficient (Wildman–Crippen LogP) is 1.30. The number of nitrogens with two attached hydrogens (primary N) is 1. The Labute approximate surface area is 127 Å². The molecule has 3 N–H and O–H groups in total. The number of anilines is 1. The SMILES string of the molecule is CC1CN(C)CCCN1C(=O)c1cc(Br)cnc1NN. The number of carbonyl (C=O) groups excluding carboxylic acids is 1. The van der Waals surface area contributed by atoms with Gasteiger partial charge in [0.25, 0.3) is 5.91 Å². The third kappa shape index (κ3) is 3.28. The summed E-state index contributed by atoms with van der Waals surface area (Å²) in [4.78, 5) is 21.0. The summed E-state index contributed by atoms with van der Waals surface area (Å²) in [5.74, 6) is 5.82. The summed E-state index contributed by atoms with van der Waals surface area (Å²) in [5.41, 5.74) is 2.99. The highest BCUT2D eigenvalue weighted by molar-refractivity contribution is 9.10. The van der Waals surface area contributed by atoms with Gasteiger partial charge in [-0.25, -0.2) is 10.8 Å². The fourth-order valence-corrected chi connectivity index (χ4v) is 2.88. The molecule has 2 heterocycles. The van der Waals surface area contributed by atoms with E-state index in [2.05, 4.69) is 45.2 Å². The zero-order valence-corrected chi connectivity index (χ0v) is 13.4. The second kappa shape index (κ2) is 6.51. The molecule has 0 radical (unpaired) electrons. The lowest BCUT2D eigenvalue weighted by molar-refractivity contribution is 0.0697. The van der Waals surface area contributed by atoms with Gasteiger partial charge in [-0.2, -0.15) is 0 Å². The van der Waals surface area contributed by atoms with E-state index in [1.165, 1.54) is 0 Å². The van der Waals surface area contributed by atoms with E-state index >= 15 is 0 Å². The van der Waals surface area contributed by atoms with E-state index in [1.807, 2.05) is 4.90 Å². The number of halogens is 1. The minimum Gasteiger partial charge on any atom is -0.334 e. The van der Waals surface area contributed by atoms with Gasteiger partial charge >= 0.3 is 0 Å². The lowest BCUT2D eigenvalue weighted by atomic mass is 10.2. The summed E-state index contributed by atoms with van der Waals surface area (Å²) in [5, 5.41) is 0. The topological polar surface area (TPSA) is 74.5 Å². The van der Waals surface area contributed by atoms with Crippen molar-refractivity contribution in [2.75, 3.05) is 32.1 Å². The molecule has 1 amide bonds. The van der Waals surface area contributed by atoms with E-state index < -0.39 is 0 Å². The minimum atomic E-state index is -0.0328. The van der Waals surface area contributed by atoms with Crippen LogP contribution in [0.4, 0.5) is 5.82 Å². The molecular formula is C13H20BrN5O. The van der Waals surface area contributed by atoms with Gasteiger partial charge in [0.05, 0.1) is 5.56 Å². The zero-order chi connectivity index (χ0) is 14.7. The quantitative estimate of drug-likeness (QED) is 0.626. The summed E-state index contributed by atoms with van der Waals surface area (Å²) in [7, 11) is 2.08. The summed E-state index contributed by atoms with van der Waals surface area (Å²) in [6.45, 7) is 4.70. The number of pyridine rings is 1. The fourth-order valence-electron chi connectivity index (χ4n) is 2.55. The van der Waals surface area contributed by atoms with Crippen LogP contribution in [0.25, 0.3) is 0 Å². The number of carbonyl (C=O) groups is 1. The second-order valence-electron chi connectivity index (χ2n) is 5.16. The Hall–Kier alpha value is -1.18. The average Bonchev–Trinajstić information content (AvgIpc) is 2.58. The molecule has 1 unspecified atom stereocenters. The van der Waals surface area contributed by atoms with Gasteiger partial charge < -0.3 is 15.2 Å². The van der Waals surface area contributed by atoms with E-state index in [1.54, 1.807) is 12.3 Å². The summed E-state index contributed by atoms with van der Waals surface area (Å²) >= 11 is 3.35. The number of nitrogen functional groups attached to an aromatic ring is 1. The van der Waals surface area contributed by atoms with E-state index in [4.69, 9.17) is 5.84 Å². The molecule has 0 aromatic carbocycles. The molecule has 1 fully saturated rings. The lowest BCUT2D eigenvalue weighted by Crippen LogP contribution is -2.42. The van der Waals surface area contributed by atoms with Gasteiger partial charge in [-0.15, -0.1) is 0 Å². The van der Waals surface area contributed by atoms with Crippen LogP contribution in [0.5, 0.6) is 0 Å². The zero-order valence-electron chi connectivity index (χ0n) is 11.8. The highest BCUT2D eigenvalue weighted by atomic mass is 79.9. The van der Waals surface area contributed by atoms with Gasteiger partial charge in [-0.05, 0) is 48.9 Å². The molecule has 1 atom stereocenters. The number of amides is 1. The first-order valence-corrected chi connectivity index (χ1v) is 7.44. The first kappa shape index (κ1) is 15.2. The fraction of sp³-hybridized carbons (Fsp3) is 0.538. The van der Waals surface area contributed by atoms with Gasteiger partial charge in [0.1, 0.15) is 0 Å². The molecule has 1 aromatic heterocycles. The van der Waals surface area contributed by atoms with Crippen molar-refractivity contribution in [1.29, 1.82) is 0 Å². The number of hydrogen-bond acceptors (Lipinski definition) is 5. The van der Waals surface area contributed by atoms with Crippen LogP contribution >= 0.6 is 15.9 Å². The van der Waals surface area contributed by atoms with Crippen molar-refractivity contribution >= 4 is 27.7 Å². The molecule has 0 spiro atoms. The number of rotatable bonds is 2. The van der Waals surface area contributed by atoms with Crippen molar-refractivity contribution in [3.05, 3.63) is 22.3 Å². The molecule has 7 heteroatoms. The first-order chi connectivity index (χ1) is 9.52. The van der Waals surface area contributed by atoms with Crippen molar-refractivity contribution in [2.24, 2.45) is 5.84 Å². The van der Waals surface area contributed by atoms with Crippen molar-refractivity contribution in [3.8, 4) is 0 Å². The maximum atomic E-state index is 12.8. The molecule has 20 heavy (non-hydrogen) atoms. The Kier molecular flexibility index (Phi) is 4.95. The molecule has 110 valence electrons. The number of hydrogen-bond donors (Lipinski definition) is 2. The Morgan fingerprint density at radius 3 is 3.00 bits per heavy atom. The Morgan fingerprint density at radius 1 is 1.55 bits per heavy atom. The van der Waals surface area contributed by atoms with Crippen molar-refractivity contribution in [3.63, 3.8) is 0 Å². The van der Waals surface area contributed by atoms with Crippen LogP contribution in [-0.4, -0.2) is 53.4 Å². The Bertz CT molecular complexity index is 496. The second-order valence-corrected chi connectivity index (χ2v) is 6.07. The van der Waals surface area contributed by atoms with Crippen LogP contribution in [0.2, 0.25) is 0 Å². The molecule has 2 rings (SSSR count). The van der Waals surface area contributed by atoms with Gasteiger partial charge in [0.15, 0.2) is 5.82 Å². The lowest BCUT2D eigenvalue weighted by Gasteiger charge is -2.28. The van der Waals surface area contributed by atoms with Crippen molar-refractivity contribution in [1.82, 2.24) is 14.8 Å². The first-order valence-electron chi connectivity index (χ1n) is 6.64. The Morgan fingerprint density at radius 2 is 2.30 bits per heavy atom. The number of aromatic nitrogens is 1. The number of hydrazine groups is 1. The van der Waals surface area contributed by atoms with Crippen LogP contribution < -0.4 is 11.3 Å². The number of nitrogens with zero attached hydrogens (tertiary/aromatic N) is 3. The maximum Gasteiger partial charge on any atom is 0.257 e. The molecule has 1 aliphatic heterocycles. The predicted molar refractivity (Wildman–Crippen MR) is 82.4 cm³/mol. The van der Waals surface area contributed by atoms with E-state index in [-0.39, 0.29) is 11.9 Å². The molecule has 6 nitrogen and oxygen atoms in total. The average molecular weight is 342 g/mol. The van der Waals surface area contributed by atoms with E-state index in [0.717, 1.165) is 30.5 Å². The molecular weight excluding hydrogens is 322 g/mol.